The summed E-state index contributed by atoms with van der Waals surface area (Å²) in [6, 6.07) is 7.12. The molecule has 25 heavy (non-hydrogen) atoms. The van der Waals surface area contributed by atoms with Gasteiger partial charge in [-0.3, -0.25) is 4.79 Å². The quantitative estimate of drug-likeness (QED) is 0.831. The van der Waals surface area contributed by atoms with E-state index in [9.17, 15) is 9.59 Å². The Morgan fingerprint density at radius 2 is 2.20 bits per heavy atom. The number of esters is 1. The number of benzene rings is 1. The Labute approximate surface area is 150 Å². The van der Waals surface area contributed by atoms with E-state index in [-0.39, 0.29) is 17.9 Å². The second-order valence-corrected chi connectivity index (χ2v) is 6.92. The summed E-state index contributed by atoms with van der Waals surface area (Å²) >= 11 is 1.50. The number of hydrogen-bond donors (Lipinski definition) is 1. The van der Waals surface area contributed by atoms with Crippen LogP contribution in [0.1, 0.15) is 25.3 Å². The summed E-state index contributed by atoms with van der Waals surface area (Å²) in [5, 5.41) is 5.50. The summed E-state index contributed by atoms with van der Waals surface area (Å²) in [5.41, 5.74) is 1.68. The van der Waals surface area contributed by atoms with Gasteiger partial charge in [-0.05, 0) is 38.3 Å². The van der Waals surface area contributed by atoms with Gasteiger partial charge in [0.2, 0.25) is 0 Å². The van der Waals surface area contributed by atoms with Crippen molar-refractivity contribution < 1.29 is 14.3 Å². The molecule has 6 nitrogen and oxygen atoms in total. The van der Waals surface area contributed by atoms with E-state index in [1.807, 2.05) is 41.5 Å². The van der Waals surface area contributed by atoms with Gasteiger partial charge in [0.15, 0.2) is 11.2 Å². The Bertz CT molecular complexity index is 748. The highest BCUT2D eigenvalue weighted by molar-refractivity contribution is 7.13. The number of carbonyl (C=O) groups is 2. The maximum atomic E-state index is 12.5. The van der Waals surface area contributed by atoms with Crippen molar-refractivity contribution in [3.05, 3.63) is 41.4 Å². The first-order valence-electron chi connectivity index (χ1n) is 8.29. The predicted octanol–water partition coefficient (Wildman–Crippen LogP) is 2.99. The first-order chi connectivity index (χ1) is 12.1. The molecule has 0 bridgehead atoms. The molecule has 0 unspecified atom stereocenters. The number of thiazole rings is 1. The maximum absolute atomic E-state index is 12.5. The average Bonchev–Trinajstić information content (AvgIpc) is 3.27. The number of anilines is 2. The first-order valence-corrected chi connectivity index (χ1v) is 9.17. The topological polar surface area (TPSA) is 71.5 Å². The number of nitrogens with one attached hydrogen (secondary N) is 1. The van der Waals surface area contributed by atoms with Gasteiger partial charge < -0.3 is 15.0 Å². The van der Waals surface area contributed by atoms with Crippen molar-refractivity contribution in [1.29, 1.82) is 0 Å². The molecule has 7 heteroatoms. The van der Waals surface area contributed by atoms with E-state index in [1.165, 1.54) is 11.3 Å². The van der Waals surface area contributed by atoms with Crippen molar-refractivity contribution in [2.45, 2.75) is 38.8 Å². The molecule has 1 saturated heterocycles. The fourth-order valence-electron chi connectivity index (χ4n) is 2.85. The molecule has 2 atom stereocenters. The number of ether oxygens (including phenoxy) is 1. The Kier molecular flexibility index (Phi) is 5.33. The van der Waals surface area contributed by atoms with Crippen LogP contribution in [0.15, 0.2) is 35.8 Å². The molecule has 1 aliphatic heterocycles. The van der Waals surface area contributed by atoms with Gasteiger partial charge in [-0.25, -0.2) is 9.78 Å². The third kappa shape index (κ3) is 3.99. The molecule has 1 fully saturated rings. The van der Waals surface area contributed by atoms with Crippen molar-refractivity contribution in [2.75, 3.05) is 16.8 Å². The summed E-state index contributed by atoms with van der Waals surface area (Å²) in [4.78, 5) is 31.1. The number of carbonyl (C=O) groups excluding carboxylic acids is 2. The number of para-hydroxylation sites is 1. The molecule has 1 aromatic heterocycles. The van der Waals surface area contributed by atoms with Crippen LogP contribution in [0.4, 0.5) is 10.8 Å². The Hall–Kier alpha value is -2.41. The van der Waals surface area contributed by atoms with E-state index in [0.717, 1.165) is 29.3 Å². The van der Waals surface area contributed by atoms with Crippen LogP contribution in [0.25, 0.3) is 0 Å². The molecule has 3 rings (SSSR count). The number of aromatic nitrogens is 1. The third-order valence-electron chi connectivity index (χ3n) is 4.25. The van der Waals surface area contributed by atoms with Gasteiger partial charge in [-0.15, -0.1) is 11.3 Å². The molecule has 1 N–H and O–H groups in total. The van der Waals surface area contributed by atoms with Crippen molar-refractivity contribution >= 4 is 34.0 Å². The normalized spacial score (nSPS) is 18.0. The molecule has 2 heterocycles. The lowest BCUT2D eigenvalue weighted by Gasteiger charge is -2.24. The summed E-state index contributed by atoms with van der Waals surface area (Å²) in [6.45, 7) is 4.28. The summed E-state index contributed by atoms with van der Waals surface area (Å²) in [5.74, 6) is -0.707. The summed E-state index contributed by atoms with van der Waals surface area (Å²) in [6.07, 6.45) is 2.48. The molecule has 1 amide bonds. The van der Waals surface area contributed by atoms with Gasteiger partial charge in [0, 0.05) is 23.8 Å². The largest absolute Gasteiger partial charge is 0.451 e. The Balaban J connectivity index is 1.60. The minimum atomic E-state index is -0.856. The van der Waals surface area contributed by atoms with Crippen LogP contribution < -0.4 is 10.2 Å². The molecule has 0 aliphatic carbocycles. The highest BCUT2D eigenvalue weighted by atomic mass is 32.1. The molecule has 0 radical (unpaired) electrons. The maximum Gasteiger partial charge on any atom is 0.329 e. The number of amides is 1. The van der Waals surface area contributed by atoms with Crippen molar-refractivity contribution in [3.8, 4) is 0 Å². The molecular formula is C18H21N3O3S. The average molecular weight is 359 g/mol. The fourth-order valence-corrected chi connectivity index (χ4v) is 3.57. The second-order valence-electron chi connectivity index (χ2n) is 6.05. The molecule has 132 valence electrons. The second kappa shape index (κ2) is 7.65. The zero-order valence-corrected chi connectivity index (χ0v) is 15.1. The van der Waals surface area contributed by atoms with Crippen LogP contribution in [-0.2, 0) is 14.3 Å². The van der Waals surface area contributed by atoms with Gasteiger partial charge in [-0.1, -0.05) is 18.2 Å². The number of hydrogen-bond acceptors (Lipinski definition) is 6. The predicted molar refractivity (Wildman–Crippen MR) is 97.8 cm³/mol. The van der Waals surface area contributed by atoms with Crippen molar-refractivity contribution in [1.82, 2.24) is 4.98 Å². The van der Waals surface area contributed by atoms with E-state index >= 15 is 0 Å². The van der Waals surface area contributed by atoms with Crippen molar-refractivity contribution in [2.24, 2.45) is 0 Å². The number of aryl methyl sites for hydroxylation is 1. The zero-order valence-electron chi connectivity index (χ0n) is 14.3. The van der Waals surface area contributed by atoms with Crippen LogP contribution in [0.3, 0.4) is 0 Å². The van der Waals surface area contributed by atoms with Crippen LogP contribution in [0.2, 0.25) is 0 Å². The highest BCUT2D eigenvalue weighted by Gasteiger charge is 2.35. The van der Waals surface area contributed by atoms with Gasteiger partial charge in [0.1, 0.15) is 6.04 Å². The molecule has 2 aromatic rings. The minimum Gasteiger partial charge on any atom is -0.451 e. The molecular weight excluding hydrogens is 338 g/mol. The van der Waals surface area contributed by atoms with Crippen molar-refractivity contribution in [3.63, 3.8) is 0 Å². The van der Waals surface area contributed by atoms with Crippen LogP contribution in [-0.4, -0.2) is 35.6 Å². The summed E-state index contributed by atoms with van der Waals surface area (Å²) in [7, 11) is 0. The smallest absolute Gasteiger partial charge is 0.329 e. The lowest BCUT2D eigenvalue weighted by Crippen LogP contribution is -2.40. The summed E-state index contributed by atoms with van der Waals surface area (Å²) < 4.78 is 5.42. The monoisotopic (exact) mass is 359 g/mol. The highest BCUT2D eigenvalue weighted by Crippen LogP contribution is 2.28. The first kappa shape index (κ1) is 17.4. The fraction of sp³-hybridized carbons (Fsp3) is 0.389. The zero-order chi connectivity index (χ0) is 17.8. The van der Waals surface area contributed by atoms with E-state index in [0.29, 0.717) is 6.42 Å². The van der Waals surface area contributed by atoms with Gasteiger partial charge in [0.05, 0.1) is 0 Å². The third-order valence-corrected chi connectivity index (χ3v) is 5.06. The standard InChI is InChI=1S/C18H21N3O3S/c1-12-6-3-4-7-14(12)20-16(22)13(2)24-17(23)15-8-5-10-21(15)18-19-9-11-25-18/h3-4,6-7,9,11,13,15H,5,8,10H2,1-2H3,(H,20,22)/t13-,15+/m1/s1. The minimum absolute atomic E-state index is 0.332. The molecule has 1 aromatic carbocycles. The van der Waals surface area contributed by atoms with Crippen LogP contribution in [0, 0.1) is 6.92 Å². The lowest BCUT2D eigenvalue weighted by molar-refractivity contribution is -0.154. The van der Waals surface area contributed by atoms with Gasteiger partial charge >= 0.3 is 5.97 Å². The van der Waals surface area contributed by atoms with Crippen LogP contribution >= 0.6 is 11.3 Å². The van der Waals surface area contributed by atoms with E-state index in [4.69, 9.17) is 4.74 Å². The van der Waals surface area contributed by atoms with Gasteiger partial charge in [-0.2, -0.15) is 0 Å². The number of nitrogens with zero attached hydrogens (tertiary/aromatic N) is 2. The van der Waals surface area contributed by atoms with E-state index in [2.05, 4.69) is 10.3 Å². The van der Waals surface area contributed by atoms with Crippen LogP contribution in [0.5, 0.6) is 0 Å². The molecule has 1 aliphatic rings. The molecule has 0 spiro atoms. The molecule has 0 saturated carbocycles. The Morgan fingerprint density at radius 3 is 2.92 bits per heavy atom. The SMILES string of the molecule is Cc1ccccc1NC(=O)[C@@H](C)OC(=O)[C@@H]1CCCN1c1nccs1. The van der Waals surface area contributed by atoms with E-state index in [1.54, 1.807) is 13.1 Å². The number of rotatable bonds is 5. The van der Waals surface area contributed by atoms with E-state index < -0.39 is 6.10 Å². The van der Waals surface area contributed by atoms with Gasteiger partial charge in [0.25, 0.3) is 5.91 Å². The lowest BCUT2D eigenvalue weighted by atomic mass is 10.2. The Morgan fingerprint density at radius 1 is 1.40 bits per heavy atom.